The van der Waals surface area contributed by atoms with Gasteiger partial charge in [0, 0.05) is 0 Å². The molecular formula is C10H9BrN2O2. The van der Waals surface area contributed by atoms with Gasteiger partial charge in [0.25, 0.3) is 0 Å². The van der Waals surface area contributed by atoms with Crippen molar-refractivity contribution in [3.63, 3.8) is 0 Å². The van der Waals surface area contributed by atoms with Gasteiger partial charge >= 0.3 is 5.97 Å². The molecular weight excluding hydrogens is 260 g/mol. The predicted molar refractivity (Wildman–Crippen MR) is 57.3 cm³/mol. The number of pyridine rings is 1. The van der Waals surface area contributed by atoms with Gasteiger partial charge in [0.2, 0.25) is 0 Å². The molecule has 5 heteroatoms. The maximum Gasteiger partial charge on any atom is 0.341 e. The Morgan fingerprint density at radius 2 is 2.40 bits per heavy atom. The van der Waals surface area contributed by atoms with Crippen molar-refractivity contribution in [3.8, 4) is 6.07 Å². The first-order valence-corrected chi connectivity index (χ1v) is 5.13. The second-order valence-corrected chi connectivity index (χ2v) is 3.57. The van der Waals surface area contributed by atoms with Crippen molar-refractivity contribution in [1.82, 2.24) is 4.98 Å². The Balaban J connectivity index is 3.21. The molecule has 0 N–H and O–H groups in total. The van der Waals surface area contributed by atoms with Gasteiger partial charge in [-0.3, -0.25) is 0 Å². The van der Waals surface area contributed by atoms with Crippen molar-refractivity contribution >= 4 is 21.9 Å². The topological polar surface area (TPSA) is 63.0 Å². The molecule has 15 heavy (non-hydrogen) atoms. The number of carbonyl (C=O) groups excluding carboxylic acids is 1. The highest BCUT2D eigenvalue weighted by atomic mass is 79.9. The van der Waals surface area contributed by atoms with Crippen molar-refractivity contribution < 1.29 is 9.53 Å². The zero-order chi connectivity index (χ0) is 11.4. The number of carbonyl (C=O) groups is 1. The molecule has 1 heterocycles. The average molecular weight is 269 g/mol. The molecule has 1 aromatic heterocycles. The molecule has 78 valence electrons. The van der Waals surface area contributed by atoms with Crippen molar-refractivity contribution in [1.29, 1.82) is 5.26 Å². The van der Waals surface area contributed by atoms with Gasteiger partial charge in [-0.25, -0.2) is 9.78 Å². The third-order valence-electron chi connectivity index (χ3n) is 1.77. The van der Waals surface area contributed by atoms with Gasteiger partial charge in [-0.2, -0.15) is 5.26 Å². The molecule has 0 aliphatic rings. The van der Waals surface area contributed by atoms with Gasteiger partial charge in [0.1, 0.15) is 16.4 Å². The minimum Gasteiger partial charge on any atom is -0.462 e. The highest BCUT2D eigenvalue weighted by molar-refractivity contribution is 9.10. The van der Waals surface area contributed by atoms with E-state index in [1.165, 1.54) is 0 Å². The predicted octanol–water partition coefficient (Wildman–Crippen LogP) is 2.20. The highest BCUT2D eigenvalue weighted by Gasteiger charge is 2.16. The summed E-state index contributed by atoms with van der Waals surface area (Å²) in [6.45, 7) is 3.78. The Kier molecular flexibility index (Phi) is 3.81. The summed E-state index contributed by atoms with van der Waals surface area (Å²) in [6, 6.07) is 3.47. The Hall–Kier alpha value is -1.41. The molecule has 0 aliphatic carbocycles. The third kappa shape index (κ3) is 2.54. The molecule has 1 rings (SSSR count). The summed E-state index contributed by atoms with van der Waals surface area (Å²) in [5.41, 5.74) is 1.31. The standard InChI is InChI=1S/C10H9BrN2O2/c1-3-15-10(14)8-6(2)4-7(5-12)13-9(8)11/h4H,3H2,1-2H3. The number of nitriles is 1. The SMILES string of the molecule is CCOC(=O)c1c(C)cc(C#N)nc1Br. The molecule has 0 bridgehead atoms. The molecule has 0 saturated heterocycles. The summed E-state index contributed by atoms with van der Waals surface area (Å²) in [4.78, 5) is 15.4. The van der Waals surface area contributed by atoms with Crippen LogP contribution in [0.15, 0.2) is 10.7 Å². The molecule has 0 spiro atoms. The monoisotopic (exact) mass is 268 g/mol. The van der Waals surface area contributed by atoms with Crippen LogP contribution < -0.4 is 0 Å². The molecule has 4 nitrogen and oxygen atoms in total. The van der Waals surface area contributed by atoms with Crippen LogP contribution in [0.2, 0.25) is 0 Å². The largest absolute Gasteiger partial charge is 0.462 e. The molecule has 0 aromatic carbocycles. The van der Waals surface area contributed by atoms with Crippen LogP contribution in [0.5, 0.6) is 0 Å². The van der Waals surface area contributed by atoms with E-state index >= 15 is 0 Å². The van der Waals surface area contributed by atoms with E-state index in [1.54, 1.807) is 19.9 Å². The summed E-state index contributed by atoms with van der Waals surface area (Å²) in [5, 5.41) is 8.67. The maximum atomic E-state index is 11.5. The van der Waals surface area contributed by atoms with Gasteiger partial charge in [0.15, 0.2) is 0 Å². The zero-order valence-corrected chi connectivity index (χ0v) is 9.96. The second kappa shape index (κ2) is 4.89. The van der Waals surface area contributed by atoms with Crippen molar-refractivity contribution in [2.45, 2.75) is 13.8 Å². The van der Waals surface area contributed by atoms with E-state index < -0.39 is 5.97 Å². The number of ether oxygens (including phenoxy) is 1. The minimum absolute atomic E-state index is 0.271. The first-order valence-electron chi connectivity index (χ1n) is 4.34. The van der Waals surface area contributed by atoms with Crippen molar-refractivity contribution in [2.24, 2.45) is 0 Å². The average Bonchev–Trinajstić information content (AvgIpc) is 2.16. The Morgan fingerprint density at radius 3 is 2.87 bits per heavy atom. The summed E-state index contributed by atoms with van der Waals surface area (Å²) >= 11 is 3.15. The normalized spacial score (nSPS) is 9.47. The lowest BCUT2D eigenvalue weighted by Gasteiger charge is -2.06. The van der Waals surface area contributed by atoms with Gasteiger partial charge in [-0.15, -0.1) is 0 Å². The van der Waals surface area contributed by atoms with E-state index in [2.05, 4.69) is 20.9 Å². The number of nitrogens with zero attached hydrogens (tertiary/aromatic N) is 2. The van der Waals surface area contributed by atoms with Crippen LogP contribution in [0.1, 0.15) is 28.5 Å². The molecule has 0 atom stereocenters. The van der Waals surface area contributed by atoms with E-state index in [1.807, 2.05) is 6.07 Å². The van der Waals surface area contributed by atoms with E-state index in [4.69, 9.17) is 10.00 Å². The number of rotatable bonds is 2. The number of hydrogen-bond acceptors (Lipinski definition) is 4. The van der Waals surface area contributed by atoms with E-state index in [9.17, 15) is 4.79 Å². The molecule has 0 fully saturated rings. The fourth-order valence-electron chi connectivity index (χ4n) is 1.14. The first-order chi connectivity index (χ1) is 7.10. The van der Waals surface area contributed by atoms with Crippen LogP contribution in [0, 0.1) is 18.3 Å². The van der Waals surface area contributed by atoms with Crippen LogP contribution >= 0.6 is 15.9 Å². The van der Waals surface area contributed by atoms with Crippen LogP contribution in [-0.2, 0) is 4.74 Å². The van der Waals surface area contributed by atoms with Crippen LogP contribution in [-0.4, -0.2) is 17.6 Å². The number of aryl methyl sites for hydroxylation is 1. The molecule has 0 aliphatic heterocycles. The summed E-state index contributed by atoms with van der Waals surface area (Å²) < 4.78 is 5.22. The number of hydrogen-bond donors (Lipinski definition) is 0. The number of halogens is 1. The van der Waals surface area contributed by atoms with Crippen LogP contribution in [0.25, 0.3) is 0 Å². The minimum atomic E-state index is -0.432. The van der Waals surface area contributed by atoms with Crippen molar-refractivity contribution in [2.75, 3.05) is 6.61 Å². The van der Waals surface area contributed by atoms with Crippen molar-refractivity contribution in [3.05, 3.63) is 27.5 Å². The van der Waals surface area contributed by atoms with Gasteiger partial charge in [-0.1, -0.05) is 0 Å². The Morgan fingerprint density at radius 1 is 1.73 bits per heavy atom. The zero-order valence-electron chi connectivity index (χ0n) is 8.37. The van der Waals surface area contributed by atoms with E-state index in [-0.39, 0.29) is 5.69 Å². The summed E-state index contributed by atoms with van der Waals surface area (Å²) in [6.07, 6.45) is 0. The lowest BCUT2D eigenvalue weighted by atomic mass is 10.1. The Labute approximate surface area is 96.0 Å². The second-order valence-electron chi connectivity index (χ2n) is 2.82. The van der Waals surface area contributed by atoms with Crippen LogP contribution in [0.3, 0.4) is 0 Å². The molecule has 0 saturated carbocycles. The fourth-order valence-corrected chi connectivity index (χ4v) is 1.81. The Bertz CT molecular complexity index is 415. The summed E-state index contributed by atoms with van der Waals surface area (Å²) in [7, 11) is 0. The smallest absolute Gasteiger partial charge is 0.341 e. The molecule has 0 amide bonds. The first kappa shape index (κ1) is 11.7. The number of aromatic nitrogens is 1. The quantitative estimate of drug-likeness (QED) is 0.610. The van der Waals surface area contributed by atoms with E-state index in [0.717, 1.165) is 0 Å². The summed E-state index contributed by atoms with van der Waals surface area (Å²) in [5.74, 6) is -0.432. The van der Waals surface area contributed by atoms with Crippen LogP contribution in [0.4, 0.5) is 0 Å². The fraction of sp³-hybridized carbons (Fsp3) is 0.300. The van der Waals surface area contributed by atoms with Gasteiger partial charge < -0.3 is 4.74 Å². The number of esters is 1. The van der Waals surface area contributed by atoms with Gasteiger partial charge in [-0.05, 0) is 41.4 Å². The highest BCUT2D eigenvalue weighted by Crippen LogP contribution is 2.20. The van der Waals surface area contributed by atoms with E-state index in [0.29, 0.717) is 22.3 Å². The molecule has 0 radical (unpaired) electrons. The molecule has 1 aromatic rings. The maximum absolute atomic E-state index is 11.5. The van der Waals surface area contributed by atoms with Gasteiger partial charge in [0.05, 0.1) is 12.2 Å². The lowest BCUT2D eigenvalue weighted by Crippen LogP contribution is -2.09. The lowest BCUT2D eigenvalue weighted by molar-refractivity contribution is 0.0524. The third-order valence-corrected chi connectivity index (χ3v) is 2.34. The molecule has 0 unspecified atom stereocenters.